The zero-order valence-corrected chi connectivity index (χ0v) is 20.1. The molecule has 4 rings (SSSR count). The lowest BCUT2D eigenvalue weighted by molar-refractivity contribution is -0.128. The molecule has 6 nitrogen and oxygen atoms in total. The van der Waals surface area contributed by atoms with Crippen LogP contribution >= 0.6 is 23.1 Å². The lowest BCUT2D eigenvalue weighted by Crippen LogP contribution is -2.31. The van der Waals surface area contributed by atoms with E-state index in [0.717, 1.165) is 16.1 Å². The number of benzene rings is 2. The van der Waals surface area contributed by atoms with Crippen molar-refractivity contribution in [2.45, 2.75) is 18.1 Å². The highest BCUT2D eigenvalue weighted by molar-refractivity contribution is 7.99. The Morgan fingerprint density at radius 3 is 2.61 bits per heavy atom. The molecule has 0 N–H and O–H groups in total. The number of amides is 1. The molecule has 0 aliphatic carbocycles. The quantitative estimate of drug-likeness (QED) is 0.312. The van der Waals surface area contributed by atoms with Gasteiger partial charge in [-0.15, -0.1) is 21.5 Å². The van der Waals surface area contributed by atoms with Gasteiger partial charge in [-0.1, -0.05) is 42.1 Å². The summed E-state index contributed by atoms with van der Waals surface area (Å²) in [5.41, 5.74) is 1.67. The summed E-state index contributed by atoms with van der Waals surface area (Å²) in [6, 6.07) is 17.6. The fourth-order valence-corrected chi connectivity index (χ4v) is 4.94. The fourth-order valence-electron chi connectivity index (χ4n) is 3.37. The fraction of sp³-hybridized carbons (Fsp3) is 0.208. The Labute approximate surface area is 200 Å². The van der Waals surface area contributed by atoms with Crippen LogP contribution in [0.4, 0.5) is 4.39 Å². The molecule has 0 bridgehead atoms. The van der Waals surface area contributed by atoms with Crippen molar-refractivity contribution in [1.82, 2.24) is 19.7 Å². The molecule has 2 heterocycles. The van der Waals surface area contributed by atoms with Crippen LogP contribution in [0.3, 0.4) is 0 Å². The van der Waals surface area contributed by atoms with Gasteiger partial charge in [-0.25, -0.2) is 4.39 Å². The Balaban J connectivity index is 1.58. The molecular formula is C24H23FN4O2S2. The smallest absolute Gasteiger partial charge is 0.233 e. The normalized spacial score (nSPS) is 11.9. The second kappa shape index (κ2) is 10.2. The van der Waals surface area contributed by atoms with Crippen LogP contribution in [-0.2, 0) is 4.79 Å². The number of methoxy groups -OCH3 is 1. The molecule has 4 aromatic rings. The van der Waals surface area contributed by atoms with Crippen LogP contribution in [0.1, 0.15) is 18.5 Å². The van der Waals surface area contributed by atoms with Gasteiger partial charge < -0.3 is 9.64 Å². The number of halogens is 1. The minimum atomic E-state index is -0.298. The topological polar surface area (TPSA) is 60.2 Å². The van der Waals surface area contributed by atoms with E-state index in [-0.39, 0.29) is 23.5 Å². The molecule has 2 aromatic carbocycles. The van der Waals surface area contributed by atoms with E-state index in [9.17, 15) is 9.18 Å². The van der Waals surface area contributed by atoms with Crippen molar-refractivity contribution >= 4 is 29.0 Å². The Bertz CT molecular complexity index is 1230. The van der Waals surface area contributed by atoms with Crippen molar-refractivity contribution in [3.05, 3.63) is 77.4 Å². The van der Waals surface area contributed by atoms with Crippen molar-refractivity contribution in [1.29, 1.82) is 0 Å². The summed E-state index contributed by atoms with van der Waals surface area (Å²) in [7, 11) is 3.37. The van der Waals surface area contributed by atoms with Gasteiger partial charge in [0.05, 0.1) is 29.5 Å². The average Bonchev–Trinajstić information content (AvgIpc) is 3.52. The number of hydrogen-bond acceptors (Lipinski definition) is 6. The molecule has 2 aromatic heterocycles. The van der Waals surface area contributed by atoms with E-state index in [1.807, 2.05) is 53.3 Å². The predicted octanol–water partition coefficient (Wildman–Crippen LogP) is 5.46. The molecule has 9 heteroatoms. The Kier molecular flexibility index (Phi) is 7.10. The first-order valence-electron chi connectivity index (χ1n) is 10.3. The highest BCUT2D eigenvalue weighted by atomic mass is 32.2. The largest absolute Gasteiger partial charge is 0.495 e. The number of ether oxygens (including phenoxy) is 1. The molecule has 1 atom stereocenters. The molecule has 0 saturated carbocycles. The lowest BCUT2D eigenvalue weighted by Gasteiger charge is -2.25. The summed E-state index contributed by atoms with van der Waals surface area (Å²) < 4.78 is 20.7. The number of carbonyl (C=O) groups excluding carboxylic acids is 1. The van der Waals surface area contributed by atoms with Crippen LogP contribution in [0, 0.1) is 5.82 Å². The molecule has 0 aliphatic rings. The van der Waals surface area contributed by atoms with Gasteiger partial charge in [-0.05, 0) is 48.2 Å². The highest BCUT2D eigenvalue weighted by Crippen LogP contribution is 2.34. The van der Waals surface area contributed by atoms with Gasteiger partial charge in [0.15, 0.2) is 11.0 Å². The van der Waals surface area contributed by atoms with Gasteiger partial charge in [0.2, 0.25) is 5.91 Å². The van der Waals surface area contributed by atoms with Gasteiger partial charge in [-0.3, -0.25) is 9.36 Å². The minimum Gasteiger partial charge on any atom is -0.495 e. The Morgan fingerprint density at radius 2 is 1.91 bits per heavy atom. The zero-order chi connectivity index (χ0) is 23.4. The first-order valence-corrected chi connectivity index (χ1v) is 12.1. The van der Waals surface area contributed by atoms with E-state index in [1.54, 1.807) is 42.5 Å². The second-order valence-electron chi connectivity index (χ2n) is 7.31. The van der Waals surface area contributed by atoms with E-state index < -0.39 is 0 Å². The number of carbonyl (C=O) groups is 1. The molecule has 170 valence electrons. The van der Waals surface area contributed by atoms with Crippen molar-refractivity contribution in [2.24, 2.45) is 0 Å². The second-order valence-corrected chi connectivity index (χ2v) is 9.20. The van der Waals surface area contributed by atoms with Gasteiger partial charge in [0.1, 0.15) is 11.6 Å². The van der Waals surface area contributed by atoms with Crippen molar-refractivity contribution in [3.8, 4) is 22.1 Å². The summed E-state index contributed by atoms with van der Waals surface area (Å²) in [5.74, 6) is 1.19. The SMILES string of the molecule is COc1ccccc1-n1c(SCC(=O)N(C)C(C)c2ccc(F)cc2)nnc1-c1cccs1. The van der Waals surface area contributed by atoms with E-state index in [1.165, 1.54) is 23.9 Å². The third-order valence-corrected chi connectivity index (χ3v) is 7.13. The van der Waals surface area contributed by atoms with Gasteiger partial charge >= 0.3 is 0 Å². The van der Waals surface area contributed by atoms with E-state index in [0.29, 0.717) is 16.7 Å². The standard InChI is InChI=1S/C24H23FN4O2S2/c1-16(17-10-12-18(25)13-11-17)28(2)22(30)15-33-24-27-26-23(21-9-6-14-32-21)29(24)19-7-4-5-8-20(19)31-3/h4-14,16H,15H2,1-3H3. The van der Waals surface area contributed by atoms with Gasteiger partial charge in [0.25, 0.3) is 0 Å². The number of aromatic nitrogens is 3. The summed E-state index contributed by atoms with van der Waals surface area (Å²) in [5, 5.41) is 11.4. The third kappa shape index (κ3) is 4.94. The lowest BCUT2D eigenvalue weighted by atomic mass is 10.1. The van der Waals surface area contributed by atoms with Crippen LogP contribution < -0.4 is 4.74 Å². The van der Waals surface area contributed by atoms with Crippen LogP contribution in [0.2, 0.25) is 0 Å². The number of nitrogens with zero attached hydrogens (tertiary/aromatic N) is 4. The van der Waals surface area contributed by atoms with Crippen molar-refractivity contribution in [2.75, 3.05) is 19.9 Å². The summed E-state index contributed by atoms with van der Waals surface area (Å²) in [6.45, 7) is 1.92. The molecule has 0 radical (unpaired) electrons. The maximum atomic E-state index is 13.2. The minimum absolute atomic E-state index is 0.0657. The molecule has 1 unspecified atom stereocenters. The average molecular weight is 483 g/mol. The van der Waals surface area contributed by atoms with Crippen LogP contribution in [0.25, 0.3) is 16.4 Å². The zero-order valence-electron chi connectivity index (χ0n) is 18.4. The van der Waals surface area contributed by atoms with Crippen LogP contribution in [0.5, 0.6) is 5.75 Å². The molecule has 33 heavy (non-hydrogen) atoms. The number of hydrogen-bond donors (Lipinski definition) is 0. The van der Waals surface area contributed by atoms with E-state index >= 15 is 0 Å². The summed E-state index contributed by atoms with van der Waals surface area (Å²) in [6.07, 6.45) is 0. The first kappa shape index (κ1) is 23.0. The molecule has 0 saturated heterocycles. The van der Waals surface area contributed by atoms with E-state index in [2.05, 4.69) is 10.2 Å². The number of para-hydroxylation sites is 2. The monoisotopic (exact) mass is 482 g/mol. The maximum Gasteiger partial charge on any atom is 0.233 e. The predicted molar refractivity (Wildman–Crippen MR) is 130 cm³/mol. The third-order valence-electron chi connectivity index (χ3n) is 5.35. The molecular weight excluding hydrogens is 459 g/mol. The van der Waals surface area contributed by atoms with Gasteiger partial charge in [-0.2, -0.15) is 0 Å². The summed E-state index contributed by atoms with van der Waals surface area (Å²) in [4.78, 5) is 15.6. The number of rotatable bonds is 8. The highest BCUT2D eigenvalue weighted by Gasteiger charge is 2.22. The van der Waals surface area contributed by atoms with Crippen molar-refractivity contribution in [3.63, 3.8) is 0 Å². The summed E-state index contributed by atoms with van der Waals surface area (Å²) >= 11 is 2.89. The Hall–Kier alpha value is -3.17. The number of thiophene rings is 1. The van der Waals surface area contributed by atoms with E-state index in [4.69, 9.17) is 4.74 Å². The first-order chi connectivity index (χ1) is 16.0. The Morgan fingerprint density at radius 1 is 1.15 bits per heavy atom. The molecule has 0 fully saturated rings. The molecule has 0 aliphatic heterocycles. The molecule has 0 spiro atoms. The van der Waals surface area contributed by atoms with Crippen LogP contribution in [0.15, 0.2) is 71.2 Å². The van der Waals surface area contributed by atoms with Gasteiger partial charge in [0, 0.05) is 7.05 Å². The maximum absolute atomic E-state index is 13.2. The van der Waals surface area contributed by atoms with Crippen LogP contribution in [-0.4, -0.2) is 45.5 Å². The number of thioether (sulfide) groups is 1. The molecule has 1 amide bonds. The van der Waals surface area contributed by atoms with Crippen molar-refractivity contribution < 1.29 is 13.9 Å².